The van der Waals surface area contributed by atoms with Crippen LogP contribution in [-0.2, 0) is 4.74 Å². The Morgan fingerprint density at radius 3 is 3.00 bits per heavy atom. The second-order valence-electron chi connectivity index (χ2n) is 3.15. The minimum atomic E-state index is 0.524. The largest absolute Gasteiger partial charge is 0.378 e. The second kappa shape index (κ2) is 6.51. The van der Waals surface area contributed by atoms with Crippen LogP contribution < -0.4 is 0 Å². The first-order valence-electron chi connectivity index (χ1n) is 4.63. The van der Waals surface area contributed by atoms with Gasteiger partial charge in [0, 0.05) is 29.0 Å². The third-order valence-corrected chi connectivity index (χ3v) is 2.45. The summed E-state index contributed by atoms with van der Waals surface area (Å²) in [4.78, 5) is 2.73. The monoisotopic (exact) mass is 230 g/mol. The van der Waals surface area contributed by atoms with Crippen LogP contribution >= 0.6 is 15.9 Å². The maximum Gasteiger partial charge on any atom is 0.0575 e. The van der Waals surface area contributed by atoms with Crippen molar-refractivity contribution < 1.29 is 4.74 Å². The Bertz CT molecular complexity index is 162. The molecular weight excluding hydrogens is 216 g/mol. The SMILES string of the molecule is BrC#CCCCC1CCCCO1. The van der Waals surface area contributed by atoms with E-state index in [1.165, 1.54) is 32.1 Å². The number of halogens is 1. The molecule has 2 heteroatoms. The van der Waals surface area contributed by atoms with Gasteiger partial charge in [-0.1, -0.05) is 5.92 Å². The van der Waals surface area contributed by atoms with E-state index in [-0.39, 0.29) is 0 Å². The summed E-state index contributed by atoms with van der Waals surface area (Å²) in [7, 11) is 0. The van der Waals surface area contributed by atoms with E-state index in [9.17, 15) is 0 Å². The maximum atomic E-state index is 5.60. The second-order valence-corrected chi connectivity index (χ2v) is 3.55. The zero-order valence-electron chi connectivity index (χ0n) is 7.31. The fourth-order valence-electron chi connectivity index (χ4n) is 1.50. The summed E-state index contributed by atoms with van der Waals surface area (Å²) >= 11 is 3.08. The molecule has 0 amide bonds. The lowest BCUT2D eigenvalue weighted by molar-refractivity contribution is 0.0104. The van der Waals surface area contributed by atoms with Gasteiger partial charge >= 0.3 is 0 Å². The van der Waals surface area contributed by atoms with Crippen molar-refractivity contribution >= 4 is 15.9 Å². The highest BCUT2D eigenvalue weighted by Crippen LogP contribution is 2.17. The highest BCUT2D eigenvalue weighted by atomic mass is 79.9. The molecule has 0 aromatic rings. The molecule has 1 saturated heterocycles. The smallest absolute Gasteiger partial charge is 0.0575 e. The van der Waals surface area contributed by atoms with Crippen LogP contribution in [0.4, 0.5) is 0 Å². The van der Waals surface area contributed by atoms with Crippen LogP contribution in [0.1, 0.15) is 38.5 Å². The zero-order chi connectivity index (χ0) is 8.65. The van der Waals surface area contributed by atoms with Crippen molar-refractivity contribution in [2.75, 3.05) is 6.61 Å². The number of hydrogen-bond donors (Lipinski definition) is 0. The van der Waals surface area contributed by atoms with Crippen molar-refractivity contribution in [1.82, 2.24) is 0 Å². The van der Waals surface area contributed by atoms with Crippen molar-refractivity contribution in [3.8, 4) is 10.8 Å². The standard InChI is InChI=1S/C10H15BrO/c11-8-4-1-2-6-10-7-3-5-9-12-10/h10H,1-3,5-7,9H2. The average Bonchev–Trinajstić information content (AvgIpc) is 2.14. The van der Waals surface area contributed by atoms with Gasteiger partial charge in [0.1, 0.15) is 0 Å². The molecule has 0 aliphatic carbocycles. The third kappa shape index (κ3) is 4.13. The van der Waals surface area contributed by atoms with E-state index in [1.807, 2.05) is 0 Å². The lowest BCUT2D eigenvalue weighted by Gasteiger charge is -2.21. The van der Waals surface area contributed by atoms with Crippen LogP contribution in [0.5, 0.6) is 0 Å². The van der Waals surface area contributed by atoms with Gasteiger partial charge in [-0.15, -0.1) is 0 Å². The van der Waals surface area contributed by atoms with Gasteiger partial charge in [0.15, 0.2) is 0 Å². The minimum Gasteiger partial charge on any atom is -0.378 e. The Labute approximate surface area is 83.0 Å². The average molecular weight is 231 g/mol. The summed E-state index contributed by atoms with van der Waals surface area (Å²) in [5.41, 5.74) is 0. The van der Waals surface area contributed by atoms with E-state index >= 15 is 0 Å². The number of rotatable bonds is 3. The molecule has 1 aliphatic heterocycles. The lowest BCUT2D eigenvalue weighted by Crippen LogP contribution is -2.18. The normalized spacial score (nSPS) is 22.9. The van der Waals surface area contributed by atoms with Gasteiger partial charge in [0.2, 0.25) is 0 Å². The Morgan fingerprint density at radius 2 is 2.33 bits per heavy atom. The Morgan fingerprint density at radius 1 is 1.42 bits per heavy atom. The number of unbranched alkanes of at least 4 members (excludes halogenated alkanes) is 1. The molecule has 1 rings (SSSR count). The molecule has 12 heavy (non-hydrogen) atoms. The maximum absolute atomic E-state index is 5.60. The number of hydrogen-bond acceptors (Lipinski definition) is 1. The first-order valence-corrected chi connectivity index (χ1v) is 5.43. The van der Waals surface area contributed by atoms with Gasteiger partial charge in [-0.3, -0.25) is 0 Å². The van der Waals surface area contributed by atoms with Crippen LogP contribution in [0.2, 0.25) is 0 Å². The van der Waals surface area contributed by atoms with Gasteiger partial charge in [0.05, 0.1) is 6.10 Å². The number of ether oxygens (including phenoxy) is 1. The highest BCUT2D eigenvalue weighted by Gasteiger charge is 2.12. The van der Waals surface area contributed by atoms with Crippen molar-refractivity contribution in [2.24, 2.45) is 0 Å². The van der Waals surface area contributed by atoms with Crippen LogP contribution in [-0.4, -0.2) is 12.7 Å². The summed E-state index contributed by atoms with van der Waals surface area (Å²) in [6.07, 6.45) is 7.71. The van der Waals surface area contributed by atoms with Crippen LogP contribution in [0.25, 0.3) is 0 Å². The quantitative estimate of drug-likeness (QED) is 0.535. The molecule has 0 spiro atoms. The summed E-state index contributed by atoms with van der Waals surface area (Å²) in [6, 6.07) is 0. The molecule has 0 bridgehead atoms. The molecule has 0 aromatic heterocycles. The van der Waals surface area contributed by atoms with Crippen LogP contribution in [0, 0.1) is 10.8 Å². The molecule has 1 unspecified atom stereocenters. The van der Waals surface area contributed by atoms with Gasteiger partial charge in [-0.25, -0.2) is 0 Å². The van der Waals surface area contributed by atoms with Gasteiger partial charge in [-0.05, 0) is 36.9 Å². The van der Waals surface area contributed by atoms with Gasteiger partial charge in [-0.2, -0.15) is 0 Å². The molecular formula is C10H15BrO. The van der Waals surface area contributed by atoms with Crippen molar-refractivity contribution in [3.05, 3.63) is 0 Å². The molecule has 0 aromatic carbocycles. The Hall–Kier alpha value is 0.00000000000000000694. The summed E-state index contributed by atoms with van der Waals surface area (Å²) in [5, 5.41) is 0. The van der Waals surface area contributed by atoms with E-state index < -0.39 is 0 Å². The van der Waals surface area contributed by atoms with E-state index in [4.69, 9.17) is 4.74 Å². The zero-order valence-corrected chi connectivity index (χ0v) is 8.90. The van der Waals surface area contributed by atoms with Crippen LogP contribution in [0.15, 0.2) is 0 Å². The fourth-order valence-corrected chi connectivity index (χ4v) is 1.70. The Kier molecular flexibility index (Phi) is 5.47. The molecule has 0 saturated carbocycles. The summed E-state index contributed by atoms with van der Waals surface area (Å²) < 4.78 is 5.60. The predicted octanol–water partition coefficient (Wildman–Crippen LogP) is 3.08. The van der Waals surface area contributed by atoms with Gasteiger partial charge in [0.25, 0.3) is 0 Å². The summed E-state index contributed by atoms with van der Waals surface area (Å²) in [6.45, 7) is 0.967. The van der Waals surface area contributed by atoms with Crippen molar-refractivity contribution in [2.45, 2.75) is 44.6 Å². The molecule has 0 radical (unpaired) electrons. The molecule has 1 aliphatic rings. The molecule has 1 heterocycles. The Balaban J connectivity index is 2.00. The predicted molar refractivity (Wildman–Crippen MR) is 54.1 cm³/mol. The first-order chi connectivity index (χ1) is 5.93. The lowest BCUT2D eigenvalue weighted by atomic mass is 10.0. The molecule has 0 N–H and O–H groups in total. The van der Waals surface area contributed by atoms with Crippen molar-refractivity contribution in [3.63, 3.8) is 0 Å². The van der Waals surface area contributed by atoms with E-state index in [0.717, 1.165) is 13.0 Å². The first kappa shape index (κ1) is 10.1. The fraction of sp³-hybridized carbons (Fsp3) is 0.800. The van der Waals surface area contributed by atoms with Crippen LogP contribution in [0.3, 0.4) is 0 Å². The molecule has 1 nitrogen and oxygen atoms in total. The summed E-state index contributed by atoms with van der Waals surface area (Å²) in [5.74, 6) is 3.00. The topological polar surface area (TPSA) is 9.23 Å². The molecule has 1 atom stereocenters. The van der Waals surface area contributed by atoms with Crippen molar-refractivity contribution in [1.29, 1.82) is 0 Å². The van der Waals surface area contributed by atoms with Gasteiger partial charge < -0.3 is 4.74 Å². The third-order valence-electron chi connectivity index (χ3n) is 2.17. The molecule has 68 valence electrons. The highest BCUT2D eigenvalue weighted by molar-refractivity contribution is 9.12. The minimum absolute atomic E-state index is 0.524. The van der Waals surface area contributed by atoms with E-state index in [2.05, 4.69) is 26.7 Å². The van der Waals surface area contributed by atoms with E-state index in [0.29, 0.717) is 6.10 Å². The van der Waals surface area contributed by atoms with E-state index in [1.54, 1.807) is 0 Å². The molecule has 1 fully saturated rings.